The average Bonchev–Trinajstić information content (AvgIpc) is 3.43. The molecule has 0 atom stereocenters. The highest BCUT2D eigenvalue weighted by atomic mass is 16.7. The van der Waals surface area contributed by atoms with Gasteiger partial charge in [0.05, 0.1) is 29.0 Å². The van der Waals surface area contributed by atoms with Crippen LogP contribution in [0.5, 0.6) is 11.5 Å². The van der Waals surface area contributed by atoms with Crippen molar-refractivity contribution in [3.05, 3.63) is 163 Å². The summed E-state index contributed by atoms with van der Waals surface area (Å²) in [5.41, 5.74) is 11.7. The van der Waals surface area contributed by atoms with Gasteiger partial charge in [0.25, 0.3) is 0 Å². The lowest BCUT2D eigenvalue weighted by atomic mass is 9.95. The monoisotopic (exact) mass is 645 g/mol. The molecule has 1 aliphatic heterocycles. The number of benzene rings is 6. The zero-order chi connectivity index (χ0) is 33.8. The van der Waals surface area contributed by atoms with Crippen LogP contribution in [0.25, 0.3) is 77.1 Å². The van der Waals surface area contributed by atoms with Gasteiger partial charge in [-0.05, 0) is 77.2 Å². The summed E-state index contributed by atoms with van der Waals surface area (Å²) in [6.45, 7) is 11.5. The Hall–Kier alpha value is -6.64. The number of fused-ring (bicyclic) bond motifs is 6. The Kier molecular flexibility index (Phi) is 6.79. The first-order valence-corrected chi connectivity index (χ1v) is 16.6. The molecule has 0 amide bonds. The predicted octanol–water partition coefficient (Wildman–Crippen LogP) is 11.9. The van der Waals surface area contributed by atoms with Gasteiger partial charge < -0.3 is 14.0 Å². The minimum Gasteiger partial charge on any atom is -0.452 e. The number of nitrogens with zero attached hydrogens (tertiary/aromatic N) is 3. The molecule has 6 aromatic carbocycles. The van der Waals surface area contributed by atoms with Gasteiger partial charge in [0.15, 0.2) is 5.69 Å². The summed E-state index contributed by atoms with van der Waals surface area (Å²) in [4.78, 5) is 8.79. The number of hydrogen-bond donors (Lipinski definition) is 0. The van der Waals surface area contributed by atoms with Gasteiger partial charge in [0, 0.05) is 47.2 Å². The van der Waals surface area contributed by atoms with Gasteiger partial charge in [-0.3, -0.25) is 0 Å². The number of rotatable bonds is 4. The minimum atomic E-state index is -0.885. The van der Waals surface area contributed by atoms with Crippen molar-refractivity contribution < 1.29 is 9.47 Å². The molecule has 0 radical (unpaired) electrons. The van der Waals surface area contributed by atoms with E-state index in [1.54, 1.807) is 0 Å². The molecule has 5 heteroatoms. The molecular formula is C45H31N3O2. The molecule has 8 aromatic rings. The first-order valence-electron chi connectivity index (χ1n) is 16.6. The van der Waals surface area contributed by atoms with E-state index in [1.165, 1.54) is 0 Å². The Morgan fingerprint density at radius 3 is 1.82 bits per heavy atom. The molecule has 3 heterocycles. The molecule has 0 saturated carbocycles. The smallest absolute Gasteiger partial charge is 0.245 e. The SMILES string of the molecule is [C-]#[N+]c1ccc2c(c1)c1ccccc1n2-c1ccc2c(c1)-c1cc(-c3cc(-c4ccccc4)nc(-c4ccccc4)c3)ccc1OC(C)(C)O2. The second-order valence-corrected chi connectivity index (χ2v) is 13.0. The van der Waals surface area contributed by atoms with E-state index < -0.39 is 5.79 Å². The maximum Gasteiger partial charge on any atom is 0.245 e. The molecule has 238 valence electrons. The molecule has 50 heavy (non-hydrogen) atoms. The zero-order valence-corrected chi connectivity index (χ0v) is 27.6. The quantitative estimate of drug-likeness (QED) is 0.179. The van der Waals surface area contributed by atoms with Crippen molar-refractivity contribution in [2.45, 2.75) is 19.6 Å². The third kappa shape index (κ3) is 5.06. The van der Waals surface area contributed by atoms with E-state index in [1.807, 2.05) is 80.6 Å². The van der Waals surface area contributed by atoms with E-state index in [4.69, 9.17) is 21.0 Å². The summed E-state index contributed by atoms with van der Waals surface area (Å²) in [7, 11) is 0. The second-order valence-electron chi connectivity index (χ2n) is 13.0. The Morgan fingerprint density at radius 1 is 0.540 bits per heavy atom. The van der Waals surface area contributed by atoms with Gasteiger partial charge in [-0.25, -0.2) is 9.83 Å². The Labute approximate surface area is 290 Å². The van der Waals surface area contributed by atoms with E-state index in [0.717, 1.165) is 83.8 Å². The molecule has 2 aromatic heterocycles. The number of para-hydroxylation sites is 1. The highest BCUT2D eigenvalue weighted by Gasteiger charge is 2.30. The van der Waals surface area contributed by atoms with Crippen LogP contribution < -0.4 is 9.47 Å². The van der Waals surface area contributed by atoms with Crippen molar-refractivity contribution in [2.24, 2.45) is 0 Å². The van der Waals surface area contributed by atoms with Crippen molar-refractivity contribution in [3.63, 3.8) is 0 Å². The lowest BCUT2D eigenvalue weighted by molar-refractivity contribution is -0.0778. The van der Waals surface area contributed by atoms with Crippen LogP contribution in [0.3, 0.4) is 0 Å². The van der Waals surface area contributed by atoms with Crippen molar-refractivity contribution >= 4 is 27.5 Å². The minimum absolute atomic E-state index is 0.624. The molecule has 9 rings (SSSR count). The third-order valence-electron chi connectivity index (χ3n) is 9.29. The predicted molar refractivity (Wildman–Crippen MR) is 202 cm³/mol. The molecule has 0 unspecified atom stereocenters. The van der Waals surface area contributed by atoms with Gasteiger partial charge in [0.1, 0.15) is 11.5 Å². The normalized spacial score (nSPS) is 13.1. The lowest BCUT2D eigenvalue weighted by Crippen LogP contribution is -2.34. The van der Waals surface area contributed by atoms with Crippen LogP contribution >= 0.6 is 0 Å². The molecule has 0 fully saturated rings. The zero-order valence-electron chi connectivity index (χ0n) is 27.6. The van der Waals surface area contributed by atoms with Crippen LogP contribution in [-0.4, -0.2) is 15.3 Å². The Bertz CT molecular complexity index is 2580. The number of pyridine rings is 1. The summed E-state index contributed by atoms with van der Waals surface area (Å²) < 4.78 is 15.3. The number of hydrogen-bond acceptors (Lipinski definition) is 3. The van der Waals surface area contributed by atoms with E-state index in [0.29, 0.717) is 5.69 Å². The molecule has 0 bridgehead atoms. The van der Waals surface area contributed by atoms with Crippen molar-refractivity contribution in [1.29, 1.82) is 0 Å². The van der Waals surface area contributed by atoms with Gasteiger partial charge in [0.2, 0.25) is 5.79 Å². The van der Waals surface area contributed by atoms with Crippen LogP contribution in [0.2, 0.25) is 0 Å². The second kappa shape index (κ2) is 11.5. The van der Waals surface area contributed by atoms with Gasteiger partial charge in [-0.15, -0.1) is 0 Å². The van der Waals surface area contributed by atoms with Crippen LogP contribution in [0.4, 0.5) is 5.69 Å². The standard InChI is InChI=1S/C45H31N3O2/c1-45(2)49-43-22-18-31(32-25-39(29-12-6-4-7-13-29)47-40(26-32)30-14-8-5-9-15-30)24-37(43)38-28-34(20-23-44(38)50-45)48-41-17-11-10-16-35(41)36-27-33(46-3)19-21-42(36)48/h4-28H,1-2H3. The highest BCUT2D eigenvalue weighted by molar-refractivity contribution is 6.10. The maximum absolute atomic E-state index is 7.60. The largest absolute Gasteiger partial charge is 0.452 e. The fourth-order valence-corrected chi connectivity index (χ4v) is 7.04. The van der Waals surface area contributed by atoms with E-state index in [-0.39, 0.29) is 0 Å². The van der Waals surface area contributed by atoms with Crippen LogP contribution in [0.15, 0.2) is 152 Å². The summed E-state index contributed by atoms with van der Waals surface area (Å²) in [6, 6.07) is 51.9. The average molecular weight is 646 g/mol. The molecule has 0 spiro atoms. The van der Waals surface area contributed by atoms with Crippen LogP contribution in [-0.2, 0) is 0 Å². The van der Waals surface area contributed by atoms with Crippen molar-refractivity contribution in [1.82, 2.24) is 9.55 Å². The van der Waals surface area contributed by atoms with E-state index in [9.17, 15) is 0 Å². The molecule has 0 aliphatic carbocycles. The first-order chi connectivity index (χ1) is 24.4. The molecule has 0 saturated heterocycles. The lowest BCUT2D eigenvalue weighted by Gasteiger charge is -2.25. The molecular weight excluding hydrogens is 615 g/mol. The van der Waals surface area contributed by atoms with Gasteiger partial charge in [-0.2, -0.15) is 0 Å². The maximum atomic E-state index is 7.60. The van der Waals surface area contributed by atoms with E-state index in [2.05, 4.69) is 94.3 Å². The Balaban J connectivity index is 1.25. The van der Waals surface area contributed by atoms with Crippen LogP contribution in [0.1, 0.15) is 13.8 Å². The number of aromatic nitrogens is 2. The molecule has 5 nitrogen and oxygen atoms in total. The summed E-state index contributed by atoms with van der Waals surface area (Å²) in [5.74, 6) is 0.610. The number of ether oxygens (including phenoxy) is 2. The molecule has 0 N–H and O–H groups in total. The summed E-state index contributed by atoms with van der Waals surface area (Å²) >= 11 is 0. The third-order valence-corrected chi connectivity index (χ3v) is 9.29. The Morgan fingerprint density at radius 2 is 1.14 bits per heavy atom. The summed E-state index contributed by atoms with van der Waals surface area (Å²) in [6.07, 6.45) is 0. The fourth-order valence-electron chi connectivity index (χ4n) is 7.04. The highest BCUT2D eigenvalue weighted by Crippen LogP contribution is 2.46. The fraction of sp³-hybridized carbons (Fsp3) is 0.0667. The summed E-state index contributed by atoms with van der Waals surface area (Å²) in [5, 5.41) is 2.15. The van der Waals surface area contributed by atoms with E-state index >= 15 is 0 Å². The first kappa shape index (κ1) is 29.5. The van der Waals surface area contributed by atoms with Crippen molar-refractivity contribution in [2.75, 3.05) is 0 Å². The topological polar surface area (TPSA) is 40.6 Å². The molecule has 1 aliphatic rings. The van der Waals surface area contributed by atoms with Gasteiger partial charge >= 0.3 is 0 Å². The van der Waals surface area contributed by atoms with Crippen LogP contribution in [0, 0.1) is 6.57 Å². The van der Waals surface area contributed by atoms with Crippen molar-refractivity contribution in [3.8, 4) is 62.0 Å². The van der Waals surface area contributed by atoms with Gasteiger partial charge in [-0.1, -0.05) is 91.0 Å².